The SMILES string of the molecule is O=C1C[C@H](C(=O)N2CCC(c3cc(Cc4ccccc4)[nH]n3)CC2)NC(=O)N1. The van der Waals surface area contributed by atoms with Gasteiger partial charge in [0.2, 0.25) is 11.8 Å². The van der Waals surface area contributed by atoms with Crippen LogP contribution in [0.4, 0.5) is 4.79 Å². The number of hydrogen-bond donors (Lipinski definition) is 3. The summed E-state index contributed by atoms with van der Waals surface area (Å²) in [4.78, 5) is 37.2. The van der Waals surface area contributed by atoms with Crippen LogP contribution < -0.4 is 10.6 Å². The number of rotatable bonds is 4. The highest BCUT2D eigenvalue weighted by Gasteiger charge is 2.34. The van der Waals surface area contributed by atoms with Gasteiger partial charge in [0, 0.05) is 31.1 Å². The van der Waals surface area contributed by atoms with Crippen LogP contribution in [0.3, 0.4) is 0 Å². The second-order valence-corrected chi connectivity index (χ2v) is 7.36. The molecule has 2 fully saturated rings. The van der Waals surface area contributed by atoms with Crippen LogP contribution in [0.1, 0.15) is 42.1 Å². The number of nitrogens with zero attached hydrogens (tertiary/aromatic N) is 2. The molecule has 0 spiro atoms. The summed E-state index contributed by atoms with van der Waals surface area (Å²) in [5.41, 5.74) is 3.34. The van der Waals surface area contributed by atoms with E-state index in [1.54, 1.807) is 4.90 Å². The molecule has 0 aliphatic carbocycles. The number of amides is 4. The number of carbonyl (C=O) groups excluding carboxylic acids is 3. The molecule has 3 N–H and O–H groups in total. The van der Waals surface area contributed by atoms with E-state index in [-0.39, 0.29) is 12.3 Å². The van der Waals surface area contributed by atoms with Gasteiger partial charge < -0.3 is 10.2 Å². The van der Waals surface area contributed by atoms with Crippen molar-refractivity contribution in [2.24, 2.45) is 0 Å². The van der Waals surface area contributed by atoms with Gasteiger partial charge in [-0.2, -0.15) is 5.10 Å². The summed E-state index contributed by atoms with van der Waals surface area (Å²) in [6.07, 6.45) is 2.43. The van der Waals surface area contributed by atoms with Crippen LogP contribution >= 0.6 is 0 Å². The Kier molecular flexibility index (Phi) is 5.10. The van der Waals surface area contributed by atoms with Crippen molar-refractivity contribution in [3.05, 3.63) is 53.3 Å². The van der Waals surface area contributed by atoms with Crippen LogP contribution in [0.2, 0.25) is 0 Å². The fourth-order valence-corrected chi connectivity index (χ4v) is 3.87. The second kappa shape index (κ2) is 7.84. The monoisotopic (exact) mass is 381 g/mol. The van der Waals surface area contributed by atoms with E-state index in [0.29, 0.717) is 19.0 Å². The van der Waals surface area contributed by atoms with Gasteiger partial charge in [0.1, 0.15) is 6.04 Å². The summed E-state index contributed by atoms with van der Waals surface area (Å²) in [6, 6.07) is 11.0. The van der Waals surface area contributed by atoms with Crippen molar-refractivity contribution in [1.82, 2.24) is 25.7 Å². The van der Waals surface area contributed by atoms with Gasteiger partial charge in [-0.1, -0.05) is 30.3 Å². The van der Waals surface area contributed by atoms with Gasteiger partial charge in [-0.15, -0.1) is 0 Å². The molecule has 8 heteroatoms. The second-order valence-electron chi connectivity index (χ2n) is 7.36. The van der Waals surface area contributed by atoms with Crippen molar-refractivity contribution in [2.75, 3.05) is 13.1 Å². The van der Waals surface area contributed by atoms with Crippen LogP contribution in [0, 0.1) is 0 Å². The fraction of sp³-hybridized carbons (Fsp3) is 0.400. The van der Waals surface area contributed by atoms with Crippen molar-refractivity contribution >= 4 is 17.8 Å². The minimum atomic E-state index is -0.763. The predicted molar refractivity (Wildman–Crippen MR) is 101 cm³/mol. The summed E-state index contributed by atoms with van der Waals surface area (Å²) < 4.78 is 0. The quantitative estimate of drug-likeness (QED) is 0.742. The molecule has 28 heavy (non-hydrogen) atoms. The molecule has 4 rings (SSSR count). The highest BCUT2D eigenvalue weighted by atomic mass is 16.2. The van der Waals surface area contributed by atoms with Gasteiger partial charge in [-0.3, -0.25) is 20.0 Å². The number of H-pyrrole nitrogens is 1. The van der Waals surface area contributed by atoms with Crippen LogP contribution in [-0.4, -0.2) is 52.1 Å². The summed E-state index contributed by atoms with van der Waals surface area (Å²) >= 11 is 0. The van der Waals surface area contributed by atoms with E-state index in [0.717, 1.165) is 30.7 Å². The highest BCUT2D eigenvalue weighted by molar-refractivity contribution is 6.02. The van der Waals surface area contributed by atoms with Crippen molar-refractivity contribution < 1.29 is 14.4 Å². The largest absolute Gasteiger partial charge is 0.341 e. The Morgan fingerprint density at radius 1 is 1.14 bits per heavy atom. The molecule has 146 valence electrons. The molecular weight excluding hydrogens is 358 g/mol. The maximum atomic E-state index is 12.6. The molecule has 0 unspecified atom stereocenters. The molecule has 0 radical (unpaired) electrons. The van der Waals surface area contributed by atoms with Crippen molar-refractivity contribution in [3.8, 4) is 0 Å². The molecule has 2 aliphatic rings. The molecule has 0 saturated carbocycles. The first-order valence-corrected chi connectivity index (χ1v) is 9.56. The molecule has 2 aliphatic heterocycles. The number of imide groups is 1. The minimum absolute atomic E-state index is 0.00723. The Morgan fingerprint density at radius 3 is 2.61 bits per heavy atom. The zero-order chi connectivity index (χ0) is 19.5. The average molecular weight is 381 g/mol. The first-order chi connectivity index (χ1) is 13.6. The Labute approximate surface area is 162 Å². The topological polar surface area (TPSA) is 107 Å². The van der Waals surface area contributed by atoms with Gasteiger partial charge in [0.25, 0.3) is 0 Å². The molecule has 8 nitrogen and oxygen atoms in total. The Bertz CT molecular complexity index is 855. The lowest BCUT2D eigenvalue weighted by Crippen LogP contribution is -2.58. The van der Waals surface area contributed by atoms with Gasteiger partial charge in [-0.25, -0.2) is 4.79 Å². The van der Waals surface area contributed by atoms with Crippen molar-refractivity contribution in [2.45, 2.75) is 37.6 Å². The third-order valence-electron chi connectivity index (χ3n) is 5.36. The molecule has 0 bridgehead atoms. The van der Waals surface area contributed by atoms with E-state index in [1.165, 1.54) is 5.56 Å². The van der Waals surface area contributed by atoms with Crippen molar-refractivity contribution in [1.29, 1.82) is 0 Å². The van der Waals surface area contributed by atoms with Gasteiger partial charge >= 0.3 is 6.03 Å². The molecular formula is C20H23N5O3. The van der Waals surface area contributed by atoms with E-state index < -0.39 is 18.0 Å². The number of aromatic amines is 1. The summed E-state index contributed by atoms with van der Waals surface area (Å²) in [6.45, 7) is 1.19. The molecule has 3 heterocycles. The first kappa shape index (κ1) is 18.2. The number of nitrogens with one attached hydrogen (secondary N) is 3. The molecule has 1 aromatic heterocycles. The Balaban J connectivity index is 1.32. The Morgan fingerprint density at radius 2 is 1.89 bits per heavy atom. The number of benzene rings is 1. The van der Waals surface area contributed by atoms with E-state index >= 15 is 0 Å². The van der Waals surface area contributed by atoms with E-state index in [4.69, 9.17) is 0 Å². The standard InChI is InChI=1S/C20H23N5O3/c26-18-12-17(21-20(28)22-18)19(27)25-8-6-14(7-9-25)16-11-15(23-24-16)10-13-4-2-1-3-5-13/h1-5,11,14,17H,6-10,12H2,(H,23,24)(H2,21,22,26,28)/t17-/m1/s1. The normalized spacial score (nSPS) is 20.6. The lowest BCUT2D eigenvalue weighted by Gasteiger charge is -2.34. The van der Waals surface area contributed by atoms with Crippen LogP contribution in [-0.2, 0) is 16.0 Å². The average Bonchev–Trinajstić information content (AvgIpc) is 3.16. The van der Waals surface area contributed by atoms with E-state index in [9.17, 15) is 14.4 Å². The van der Waals surface area contributed by atoms with Crippen LogP contribution in [0.15, 0.2) is 36.4 Å². The zero-order valence-corrected chi connectivity index (χ0v) is 15.5. The highest BCUT2D eigenvalue weighted by Crippen LogP contribution is 2.28. The fourth-order valence-electron chi connectivity index (χ4n) is 3.87. The number of aromatic nitrogens is 2. The van der Waals surface area contributed by atoms with Crippen molar-refractivity contribution in [3.63, 3.8) is 0 Å². The minimum Gasteiger partial charge on any atom is -0.341 e. The smallest absolute Gasteiger partial charge is 0.322 e. The number of urea groups is 1. The van der Waals surface area contributed by atoms with Crippen LogP contribution in [0.25, 0.3) is 0 Å². The number of likely N-dealkylation sites (tertiary alicyclic amines) is 1. The molecule has 1 atom stereocenters. The van der Waals surface area contributed by atoms with E-state index in [1.807, 2.05) is 18.2 Å². The lowest BCUT2D eigenvalue weighted by atomic mass is 9.92. The molecule has 2 saturated heterocycles. The summed E-state index contributed by atoms with van der Waals surface area (Å²) in [5, 5.41) is 12.3. The predicted octanol–water partition coefficient (Wildman–Crippen LogP) is 1.30. The third-order valence-corrected chi connectivity index (χ3v) is 5.36. The van der Waals surface area contributed by atoms with Gasteiger partial charge in [0.15, 0.2) is 0 Å². The molecule has 4 amide bonds. The zero-order valence-electron chi connectivity index (χ0n) is 15.5. The maximum absolute atomic E-state index is 12.6. The first-order valence-electron chi connectivity index (χ1n) is 9.56. The maximum Gasteiger partial charge on any atom is 0.322 e. The third kappa shape index (κ3) is 4.05. The van der Waals surface area contributed by atoms with Crippen LogP contribution in [0.5, 0.6) is 0 Å². The Hall–Kier alpha value is -3.16. The molecule has 1 aromatic carbocycles. The van der Waals surface area contributed by atoms with Gasteiger partial charge in [-0.05, 0) is 24.5 Å². The molecule has 2 aromatic rings. The summed E-state index contributed by atoms with van der Waals surface area (Å²) in [7, 11) is 0. The summed E-state index contributed by atoms with van der Waals surface area (Å²) in [5.74, 6) is -0.304. The lowest BCUT2D eigenvalue weighted by molar-refractivity contribution is -0.137. The number of piperidine rings is 1. The van der Waals surface area contributed by atoms with E-state index in [2.05, 4.69) is 39.0 Å². The van der Waals surface area contributed by atoms with Gasteiger partial charge in [0.05, 0.1) is 12.1 Å². The number of hydrogen-bond acceptors (Lipinski definition) is 4. The number of carbonyl (C=O) groups is 3.